The van der Waals surface area contributed by atoms with Gasteiger partial charge in [0, 0.05) is 32.1 Å². The molecule has 0 saturated heterocycles. The number of nitrogens with zero attached hydrogens (tertiary/aromatic N) is 2. The molecule has 10 heteroatoms. The highest BCUT2D eigenvalue weighted by Crippen LogP contribution is 2.22. The normalized spacial score (nSPS) is 15.4. The zero-order chi connectivity index (χ0) is 23.1. The van der Waals surface area contributed by atoms with E-state index in [1.165, 1.54) is 12.1 Å². The molecule has 2 aromatic carbocycles. The zero-order valence-electron chi connectivity index (χ0n) is 17.6. The third-order valence-electron chi connectivity index (χ3n) is 4.98. The maximum absolute atomic E-state index is 12.3. The SMILES string of the molecule is CN(Cc1ccc(OC(F)F)cc1)C(=O)CCCCCN=C1NS(=O)(=O)c2ccccc21. The van der Waals surface area contributed by atoms with E-state index in [1.54, 1.807) is 48.3 Å². The Kier molecular flexibility index (Phi) is 7.79. The van der Waals surface area contributed by atoms with Crippen LogP contribution in [0.5, 0.6) is 5.75 Å². The predicted octanol–water partition coefficient (Wildman–Crippen LogP) is 3.55. The number of hydrogen-bond donors (Lipinski definition) is 1. The third kappa shape index (κ3) is 6.25. The summed E-state index contributed by atoms with van der Waals surface area (Å²) in [5, 5.41) is 0. The van der Waals surface area contributed by atoms with Gasteiger partial charge in [0.25, 0.3) is 10.0 Å². The fourth-order valence-electron chi connectivity index (χ4n) is 3.34. The molecule has 0 bridgehead atoms. The average Bonchev–Trinajstić information content (AvgIpc) is 3.02. The van der Waals surface area contributed by atoms with Crippen LogP contribution in [0.25, 0.3) is 0 Å². The zero-order valence-corrected chi connectivity index (χ0v) is 18.4. The van der Waals surface area contributed by atoms with E-state index in [9.17, 15) is 22.0 Å². The summed E-state index contributed by atoms with van der Waals surface area (Å²) in [6.45, 7) is -2.03. The number of sulfonamides is 1. The van der Waals surface area contributed by atoms with Crippen molar-refractivity contribution in [1.29, 1.82) is 0 Å². The molecular weight excluding hydrogens is 440 g/mol. The van der Waals surface area contributed by atoms with Gasteiger partial charge in [0.15, 0.2) is 0 Å². The number of aliphatic imine (C=N–C) groups is 1. The van der Waals surface area contributed by atoms with Crippen LogP contribution in [0.15, 0.2) is 58.4 Å². The molecule has 1 heterocycles. The lowest BCUT2D eigenvalue weighted by atomic mass is 10.1. The first-order valence-electron chi connectivity index (χ1n) is 10.2. The number of amides is 1. The molecule has 0 aliphatic carbocycles. The van der Waals surface area contributed by atoms with Crippen LogP contribution in [0.2, 0.25) is 0 Å². The van der Waals surface area contributed by atoms with E-state index in [1.807, 2.05) is 0 Å². The number of benzene rings is 2. The van der Waals surface area contributed by atoms with Gasteiger partial charge < -0.3 is 9.64 Å². The second-order valence-electron chi connectivity index (χ2n) is 7.41. The molecule has 172 valence electrons. The second-order valence-corrected chi connectivity index (χ2v) is 9.07. The first kappa shape index (κ1) is 23.6. The predicted molar refractivity (Wildman–Crippen MR) is 116 cm³/mol. The van der Waals surface area contributed by atoms with E-state index in [0.29, 0.717) is 37.3 Å². The highest BCUT2D eigenvalue weighted by Gasteiger charge is 2.29. The molecule has 0 spiro atoms. The lowest BCUT2D eigenvalue weighted by Crippen LogP contribution is -2.25. The first-order chi connectivity index (χ1) is 15.3. The molecule has 0 aromatic heterocycles. The van der Waals surface area contributed by atoms with Crippen molar-refractivity contribution in [3.63, 3.8) is 0 Å². The molecule has 3 rings (SSSR count). The van der Waals surface area contributed by atoms with E-state index in [2.05, 4.69) is 14.5 Å². The van der Waals surface area contributed by atoms with Gasteiger partial charge in [-0.05, 0) is 42.7 Å². The summed E-state index contributed by atoms with van der Waals surface area (Å²) in [4.78, 5) is 18.5. The highest BCUT2D eigenvalue weighted by molar-refractivity contribution is 7.90. The van der Waals surface area contributed by atoms with Crippen molar-refractivity contribution in [3.8, 4) is 5.75 Å². The summed E-state index contributed by atoms with van der Waals surface area (Å²) < 4.78 is 55.3. The van der Waals surface area contributed by atoms with E-state index >= 15 is 0 Å². The van der Waals surface area contributed by atoms with Gasteiger partial charge in [-0.15, -0.1) is 0 Å². The molecule has 0 fully saturated rings. The topological polar surface area (TPSA) is 88.1 Å². The van der Waals surface area contributed by atoms with Crippen LogP contribution in [0.1, 0.15) is 36.8 Å². The van der Waals surface area contributed by atoms with Gasteiger partial charge in [0.05, 0.1) is 4.90 Å². The monoisotopic (exact) mass is 465 g/mol. The van der Waals surface area contributed by atoms with Crippen LogP contribution in [0.3, 0.4) is 0 Å². The van der Waals surface area contributed by atoms with Gasteiger partial charge in [-0.2, -0.15) is 8.78 Å². The minimum absolute atomic E-state index is 0.0123. The molecule has 2 aromatic rings. The molecule has 1 N–H and O–H groups in total. The van der Waals surface area contributed by atoms with Gasteiger partial charge in [-0.1, -0.05) is 30.7 Å². The summed E-state index contributed by atoms with van der Waals surface area (Å²) in [6, 6.07) is 12.9. The van der Waals surface area contributed by atoms with Crippen molar-refractivity contribution in [2.24, 2.45) is 4.99 Å². The number of halogens is 2. The van der Waals surface area contributed by atoms with E-state index in [4.69, 9.17) is 0 Å². The van der Waals surface area contributed by atoms with Crippen molar-refractivity contribution < 1.29 is 26.7 Å². The summed E-state index contributed by atoms with van der Waals surface area (Å²) in [7, 11) is -1.83. The van der Waals surface area contributed by atoms with Crippen LogP contribution >= 0.6 is 0 Å². The lowest BCUT2D eigenvalue weighted by Gasteiger charge is -2.17. The smallest absolute Gasteiger partial charge is 0.387 e. The Morgan fingerprint density at radius 3 is 2.53 bits per heavy atom. The Morgan fingerprint density at radius 1 is 1.09 bits per heavy atom. The van der Waals surface area contributed by atoms with Crippen molar-refractivity contribution in [2.45, 2.75) is 43.7 Å². The number of carbonyl (C=O) groups excluding carboxylic acids is 1. The average molecular weight is 466 g/mol. The van der Waals surface area contributed by atoms with Gasteiger partial charge in [-0.3, -0.25) is 14.5 Å². The summed E-state index contributed by atoms with van der Waals surface area (Å²) in [5.41, 5.74) is 1.40. The fourth-order valence-corrected chi connectivity index (χ4v) is 4.59. The highest BCUT2D eigenvalue weighted by atomic mass is 32.2. The molecule has 1 amide bonds. The number of carbonyl (C=O) groups is 1. The second kappa shape index (κ2) is 10.5. The first-order valence-corrected chi connectivity index (χ1v) is 11.7. The number of ether oxygens (including phenoxy) is 1. The molecule has 0 radical (unpaired) electrons. The van der Waals surface area contributed by atoms with E-state index in [0.717, 1.165) is 18.4 Å². The van der Waals surface area contributed by atoms with Gasteiger partial charge in [0.2, 0.25) is 5.91 Å². The van der Waals surface area contributed by atoms with Crippen LogP contribution < -0.4 is 9.46 Å². The molecule has 0 saturated carbocycles. The number of alkyl halides is 2. The number of unbranched alkanes of at least 4 members (excludes halogenated alkanes) is 2. The maximum Gasteiger partial charge on any atom is 0.387 e. The molecule has 1 aliphatic heterocycles. The summed E-state index contributed by atoms with van der Waals surface area (Å²) in [5.74, 6) is 0.429. The van der Waals surface area contributed by atoms with Crippen molar-refractivity contribution in [2.75, 3.05) is 13.6 Å². The standard InChI is InChI=1S/C22H25F2N3O4S/c1-27(15-16-10-12-17(13-11-16)31-22(23)24)20(28)9-3-2-6-14-25-21-18-7-4-5-8-19(18)32(29,30)26-21/h4-5,7-8,10-13,22H,2-3,6,9,14-15H2,1H3,(H,25,26). The minimum atomic E-state index is -3.53. The Balaban J connectivity index is 1.38. The third-order valence-corrected chi connectivity index (χ3v) is 6.37. The summed E-state index contributed by atoms with van der Waals surface area (Å²) in [6.07, 6.45) is 2.59. The Labute approximate surface area is 186 Å². The molecular formula is C22H25F2N3O4S. The van der Waals surface area contributed by atoms with Crippen molar-refractivity contribution >= 4 is 21.8 Å². The summed E-state index contributed by atoms with van der Waals surface area (Å²) >= 11 is 0. The fraction of sp³-hybridized carbons (Fsp3) is 0.364. The largest absolute Gasteiger partial charge is 0.435 e. The number of amidine groups is 1. The van der Waals surface area contributed by atoms with Crippen LogP contribution in [-0.4, -0.2) is 45.3 Å². The molecule has 1 aliphatic rings. The lowest BCUT2D eigenvalue weighted by molar-refractivity contribution is -0.130. The minimum Gasteiger partial charge on any atom is -0.435 e. The van der Waals surface area contributed by atoms with E-state index < -0.39 is 16.6 Å². The van der Waals surface area contributed by atoms with Gasteiger partial charge in [-0.25, -0.2) is 8.42 Å². The number of rotatable bonds is 10. The quantitative estimate of drug-likeness (QED) is 0.544. The molecule has 0 unspecified atom stereocenters. The van der Waals surface area contributed by atoms with Gasteiger partial charge >= 0.3 is 6.61 Å². The van der Waals surface area contributed by atoms with Crippen LogP contribution in [-0.2, 0) is 21.4 Å². The Morgan fingerprint density at radius 2 is 1.81 bits per heavy atom. The molecule has 0 atom stereocenters. The van der Waals surface area contributed by atoms with Crippen molar-refractivity contribution in [3.05, 3.63) is 59.7 Å². The van der Waals surface area contributed by atoms with Crippen LogP contribution in [0, 0.1) is 0 Å². The molecule has 7 nitrogen and oxygen atoms in total. The van der Waals surface area contributed by atoms with Crippen LogP contribution in [0.4, 0.5) is 8.78 Å². The maximum atomic E-state index is 12.3. The number of nitrogens with one attached hydrogen (secondary N) is 1. The van der Waals surface area contributed by atoms with Crippen molar-refractivity contribution in [1.82, 2.24) is 9.62 Å². The number of hydrogen-bond acceptors (Lipinski definition) is 5. The number of fused-ring (bicyclic) bond motifs is 1. The van der Waals surface area contributed by atoms with E-state index in [-0.39, 0.29) is 16.6 Å². The molecule has 32 heavy (non-hydrogen) atoms. The Bertz CT molecular complexity index is 1070. The van der Waals surface area contributed by atoms with Gasteiger partial charge in [0.1, 0.15) is 11.6 Å². The Hall–Kier alpha value is -3.01.